The Labute approximate surface area is 116 Å². The number of aromatic nitrogens is 1. The summed E-state index contributed by atoms with van der Waals surface area (Å²) in [5.41, 5.74) is 0. The van der Waals surface area contributed by atoms with Crippen LogP contribution in [0.1, 0.15) is 6.42 Å². The lowest BCUT2D eigenvalue weighted by atomic mass is 10.3. The largest absolute Gasteiger partial charge is 0.340 e. The summed E-state index contributed by atoms with van der Waals surface area (Å²) in [7, 11) is 0. The summed E-state index contributed by atoms with van der Waals surface area (Å²) in [6, 6.07) is 3.62. The lowest BCUT2D eigenvalue weighted by molar-refractivity contribution is -0.131. The van der Waals surface area contributed by atoms with Crippen molar-refractivity contribution in [3.05, 3.63) is 23.4 Å². The molecular weight excluding hydrogens is 270 g/mol. The highest BCUT2D eigenvalue weighted by Gasteiger charge is 2.15. The van der Waals surface area contributed by atoms with Crippen LogP contribution in [0.2, 0.25) is 5.02 Å². The molecule has 18 heavy (non-hydrogen) atoms. The molecule has 0 spiro atoms. The maximum atomic E-state index is 11.9. The number of piperazine rings is 1. The molecule has 1 amide bonds. The third kappa shape index (κ3) is 3.86. The number of thioether (sulfide) groups is 1. The number of nitrogens with one attached hydrogen (secondary N) is 1. The monoisotopic (exact) mass is 285 g/mol. The molecule has 1 aliphatic rings. The average Bonchev–Trinajstić information content (AvgIpc) is 2.42. The molecule has 0 aromatic carbocycles. The molecule has 0 atom stereocenters. The van der Waals surface area contributed by atoms with E-state index in [1.165, 1.54) is 11.8 Å². The molecule has 0 radical (unpaired) electrons. The minimum atomic E-state index is 0.219. The highest BCUT2D eigenvalue weighted by atomic mass is 35.5. The van der Waals surface area contributed by atoms with E-state index in [-0.39, 0.29) is 5.91 Å². The van der Waals surface area contributed by atoms with Crippen LogP contribution in [-0.4, -0.2) is 47.7 Å². The number of halogens is 1. The second-order valence-corrected chi connectivity index (χ2v) is 5.51. The lowest BCUT2D eigenvalue weighted by Gasteiger charge is -2.27. The van der Waals surface area contributed by atoms with Gasteiger partial charge in [-0.3, -0.25) is 4.79 Å². The molecule has 0 saturated carbocycles. The molecule has 1 aliphatic heterocycles. The molecule has 2 heterocycles. The van der Waals surface area contributed by atoms with E-state index >= 15 is 0 Å². The fourth-order valence-corrected chi connectivity index (χ4v) is 2.88. The van der Waals surface area contributed by atoms with Gasteiger partial charge < -0.3 is 10.2 Å². The normalized spacial score (nSPS) is 15.7. The molecule has 1 aromatic rings. The maximum Gasteiger partial charge on any atom is 0.223 e. The first kappa shape index (κ1) is 13.6. The molecule has 2 rings (SSSR count). The van der Waals surface area contributed by atoms with Crippen molar-refractivity contribution >= 4 is 29.3 Å². The van der Waals surface area contributed by atoms with Gasteiger partial charge in [0.05, 0.1) is 5.02 Å². The van der Waals surface area contributed by atoms with Crippen LogP contribution < -0.4 is 5.32 Å². The first-order chi connectivity index (χ1) is 8.77. The molecule has 1 aromatic heterocycles. The van der Waals surface area contributed by atoms with Crippen LogP contribution in [0.15, 0.2) is 23.4 Å². The van der Waals surface area contributed by atoms with Gasteiger partial charge in [-0.2, -0.15) is 0 Å². The molecule has 1 N–H and O–H groups in total. The second-order valence-electron chi connectivity index (χ2n) is 4.02. The zero-order valence-electron chi connectivity index (χ0n) is 10.1. The van der Waals surface area contributed by atoms with E-state index in [0.29, 0.717) is 11.4 Å². The van der Waals surface area contributed by atoms with Gasteiger partial charge in [0.25, 0.3) is 0 Å². The summed E-state index contributed by atoms with van der Waals surface area (Å²) in [5, 5.41) is 4.68. The summed E-state index contributed by atoms with van der Waals surface area (Å²) in [6.45, 7) is 3.41. The first-order valence-electron chi connectivity index (χ1n) is 5.99. The smallest absolute Gasteiger partial charge is 0.223 e. The molecule has 4 nitrogen and oxygen atoms in total. The topological polar surface area (TPSA) is 45.2 Å². The Morgan fingerprint density at radius 1 is 1.50 bits per heavy atom. The van der Waals surface area contributed by atoms with Crippen LogP contribution in [0.3, 0.4) is 0 Å². The third-order valence-electron chi connectivity index (χ3n) is 2.75. The Balaban J connectivity index is 1.75. The Bertz CT molecular complexity index is 410. The quantitative estimate of drug-likeness (QED) is 0.855. The van der Waals surface area contributed by atoms with E-state index in [1.54, 1.807) is 12.3 Å². The van der Waals surface area contributed by atoms with Gasteiger partial charge in [-0.15, -0.1) is 11.8 Å². The van der Waals surface area contributed by atoms with Crippen LogP contribution >= 0.6 is 23.4 Å². The fourth-order valence-electron chi connectivity index (χ4n) is 1.78. The van der Waals surface area contributed by atoms with Gasteiger partial charge >= 0.3 is 0 Å². The second kappa shape index (κ2) is 6.97. The Hall–Kier alpha value is -0.780. The van der Waals surface area contributed by atoms with Crippen LogP contribution in [-0.2, 0) is 4.79 Å². The molecular formula is C12H16ClN3OS. The van der Waals surface area contributed by atoms with Crippen LogP contribution in [0.4, 0.5) is 0 Å². The minimum absolute atomic E-state index is 0.219. The van der Waals surface area contributed by atoms with E-state index in [0.717, 1.165) is 37.0 Å². The lowest BCUT2D eigenvalue weighted by Crippen LogP contribution is -2.46. The number of amides is 1. The van der Waals surface area contributed by atoms with Crippen molar-refractivity contribution in [3.8, 4) is 0 Å². The third-order valence-corrected chi connectivity index (χ3v) is 4.17. The van der Waals surface area contributed by atoms with Crippen molar-refractivity contribution in [3.63, 3.8) is 0 Å². The molecule has 0 unspecified atom stereocenters. The molecule has 0 aliphatic carbocycles. The summed E-state index contributed by atoms with van der Waals surface area (Å²) < 4.78 is 0. The predicted molar refractivity (Wildman–Crippen MR) is 74.0 cm³/mol. The number of carbonyl (C=O) groups excluding carboxylic acids is 1. The number of hydrogen-bond donors (Lipinski definition) is 1. The van der Waals surface area contributed by atoms with Crippen molar-refractivity contribution in [1.29, 1.82) is 0 Å². The highest BCUT2D eigenvalue weighted by molar-refractivity contribution is 7.99. The molecule has 0 bridgehead atoms. The molecule has 1 saturated heterocycles. The maximum absolute atomic E-state index is 11.9. The Kier molecular flexibility index (Phi) is 5.28. The molecule has 6 heteroatoms. The fraction of sp³-hybridized carbons (Fsp3) is 0.500. The van der Waals surface area contributed by atoms with Crippen molar-refractivity contribution in [1.82, 2.24) is 15.2 Å². The summed E-state index contributed by atoms with van der Waals surface area (Å²) in [5.74, 6) is 0.940. The number of pyridine rings is 1. The number of rotatable bonds is 4. The van der Waals surface area contributed by atoms with Crippen LogP contribution in [0.25, 0.3) is 0 Å². The van der Waals surface area contributed by atoms with Crippen molar-refractivity contribution in [2.24, 2.45) is 0 Å². The first-order valence-corrected chi connectivity index (χ1v) is 7.35. The van der Waals surface area contributed by atoms with Crippen molar-refractivity contribution in [2.75, 3.05) is 31.9 Å². The average molecular weight is 286 g/mol. The Morgan fingerprint density at radius 2 is 2.28 bits per heavy atom. The van der Waals surface area contributed by atoms with Gasteiger partial charge in [-0.25, -0.2) is 4.98 Å². The van der Waals surface area contributed by atoms with Gasteiger partial charge in [0.15, 0.2) is 0 Å². The van der Waals surface area contributed by atoms with Crippen molar-refractivity contribution in [2.45, 2.75) is 11.4 Å². The van der Waals surface area contributed by atoms with Gasteiger partial charge in [0.2, 0.25) is 5.91 Å². The van der Waals surface area contributed by atoms with E-state index in [9.17, 15) is 4.79 Å². The number of nitrogens with zero attached hydrogens (tertiary/aromatic N) is 2. The van der Waals surface area contributed by atoms with E-state index in [2.05, 4.69) is 10.3 Å². The van der Waals surface area contributed by atoms with Gasteiger partial charge in [0.1, 0.15) is 5.03 Å². The van der Waals surface area contributed by atoms with Gasteiger partial charge in [0, 0.05) is 44.5 Å². The predicted octanol–water partition coefficient (Wildman–Crippen LogP) is 1.65. The highest BCUT2D eigenvalue weighted by Crippen LogP contribution is 2.24. The van der Waals surface area contributed by atoms with E-state index in [4.69, 9.17) is 11.6 Å². The number of hydrogen-bond acceptors (Lipinski definition) is 4. The van der Waals surface area contributed by atoms with Crippen LogP contribution in [0, 0.1) is 0 Å². The minimum Gasteiger partial charge on any atom is -0.340 e. The summed E-state index contributed by atoms with van der Waals surface area (Å²) in [4.78, 5) is 18.0. The standard InChI is InChI=1S/C12H16ClN3OS/c13-10-2-1-4-15-12(10)18-9-3-11(17)16-7-5-14-6-8-16/h1-2,4,14H,3,5-9H2. The molecule has 98 valence electrons. The summed E-state index contributed by atoms with van der Waals surface area (Å²) in [6.07, 6.45) is 2.25. The van der Waals surface area contributed by atoms with Gasteiger partial charge in [-0.1, -0.05) is 11.6 Å². The molecule has 1 fully saturated rings. The summed E-state index contributed by atoms with van der Waals surface area (Å²) >= 11 is 7.53. The van der Waals surface area contributed by atoms with Crippen molar-refractivity contribution < 1.29 is 4.79 Å². The van der Waals surface area contributed by atoms with Gasteiger partial charge in [-0.05, 0) is 12.1 Å². The van der Waals surface area contributed by atoms with E-state index in [1.807, 2.05) is 11.0 Å². The Morgan fingerprint density at radius 3 is 3.00 bits per heavy atom. The van der Waals surface area contributed by atoms with E-state index < -0.39 is 0 Å². The van der Waals surface area contributed by atoms with Crippen LogP contribution in [0.5, 0.6) is 0 Å². The SMILES string of the molecule is O=C(CCSc1ncccc1Cl)N1CCNCC1. The zero-order valence-corrected chi connectivity index (χ0v) is 11.6. The zero-order chi connectivity index (χ0) is 12.8. The number of carbonyl (C=O) groups is 1.